The van der Waals surface area contributed by atoms with Gasteiger partial charge in [0, 0.05) is 24.7 Å². The Morgan fingerprint density at radius 2 is 1.96 bits per heavy atom. The maximum Gasteiger partial charge on any atom is 0.223 e. The molecule has 0 amide bonds. The van der Waals surface area contributed by atoms with Gasteiger partial charge in [0.2, 0.25) is 16.0 Å². The van der Waals surface area contributed by atoms with Crippen LogP contribution in [0.15, 0.2) is 30.6 Å². The van der Waals surface area contributed by atoms with Crippen LogP contribution in [0.1, 0.15) is 24.1 Å². The van der Waals surface area contributed by atoms with Gasteiger partial charge in [-0.2, -0.15) is 5.26 Å². The molecule has 10 heteroatoms. The number of hydrogen-bond acceptors (Lipinski definition) is 6. The van der Waals surface area contributed by atoms with E-state index in [-0.39, 0.29) is 30.2 Å². The zero-order chi connectivity index (χ0) is 19.3. The lowest BCUT2D eigenvalue weighted by Crippen LogP contribution is -2.36. The molecule has 0 fully saturated rings. The molecule has 1 heterocycles. The molecular formula is C16H17F2N5O2S. The molecule has 1 aromatic heterocycles. The van der Waals surface area contributed by atoms with Crippen LogP contribution in [0.4, 0.5) is 14.7 Å². The molecule has 2 aromatic rings. The summed E-state index contributed by atoms with van der Waals surface area (Å²) in [7, 11) is -3.53. The Hall–Kier alpha value is -2.64. The molecule has 0 bridgehead atoms. The first-order chi connectivity index (χ1) is 12.2. The number of likely N-dealkylation sites (N-methyl/N-ethyl adjacent to an activating group) is 1. The second kappa shape index (κ2) is 8.16. The minimum absolute atomic E-state index is 0.0708. The number of nitrogens with one attached hydrogen (secondary N) is 1. The molecule has 1 unspecified atom stereocenters. The highest BCUT2D eigenvalue weighted by molar-refractivity contribution is 7.88. The van der Waals surface area contributed by atoms with Crippen molar-refractivity contribution in [3.63, 3.8) is 0 Å². The van der Waals surface area contributed by atoms with Gasteiger partial charge in [-0.1, -0.05) is 13.0 Å². The van der Waals surface area contributed by atoms with E-state index >= 15 is 0 Å². The smallest absolute Gasteiger partial charge is 0.223 e. The number of anilines is 1. The highest BCUT2D eigenvalue weighted by atomic mass is 32.2. The summed E-state index contributed by atoms with van der Waals surface area (Å²) >= 11 is 0. The van der Waals surface area contributed by atoms with E-state index in [2.05, 4.69) is 15.3 Å². The van der Waals surface area contributed by atoms with Crippen molar-refractivity contribution >= 4 is 16.0 Å². The lowest BCUT2D eigenvalue weighted by Gasteiger charge is -2.26. The summed E-state index contributed by atoms with van der Waals surface area (Å²) < 4.78 is 52.4. The lowest BCUT2D eigenvalue weighted by atomic mass is 10.1. The van der Waals surface area contributed by atoms with Crippen LogP contribution in [0.2, 0.25) is 0 Å². The van der Waals surface area contributed by atoms with Crippen LogP contribution in [0, 0.1) is 23.0 Å². The van der Waals surface area contributed by atoms with E-state index in [1.54, 1.807) is 6.92 Å². The first-order valence-electron chi connectivity index (χ1n) is 7.63. The summed E-state index contributed by atoms with van der Waals surface area (Å²) in [4.78, 5) is 7.90. The van der Waals surface area contributed by atoms with Gasteiger partial charge >= 0.3 is 0 Å². The summed E-state index contributed by atoms with van der Waals surface area (Å²) in [6, 6.07) is 4.06. The number of rotatable bonds is 7. The van der Waals surface area contributed by atoms with Crippen LogP contribution in [0.3, 0.4) is 0 Å². The predicted octanol–water partition coefficient (Wildman–Crippen LogP) is 2.06. The van der Waals surface area contributed by atoms with Gasteiger partial charge in [0.1, 0.15) is 17.7 Å². The van der Waals surface area contributed by atoms with Gasteiger partial charge < -0.3 is 5.32 Å². The molecule has 1 atom stereocenters. The molecule has 0 aliphatic heterocycles. The van der Waals surface area contributed by atoms with Crippen molar-refractivity contribution in [2.75, 3.05) is 24.7 Å². The number of benzene rings is 1. The van der Waals surface area contributed by atoms with Crippen LogP contribution in [-0.2, 0) is 10.0 Å². The van der Waals surface area contributed by atoms with Crippen LogP contribution in [0.25, 0.3) is 0 Å². The SMILES string of the molecule is CCN(CC(Nc1ncc(C#N)cn1)c1ccc(F)cc1F)S(C)(=O)=O. The minimum atomic E-state index is -3.53. The summed E-state index contributed by atoms with van der Waals surface area (Å²) in [6.07, 6.45) is 3.61. The van der Waals surface area contributed by atoms with Crippen molar-refractivity contribution in [2.45, 2.75) is 13.0 Å². The topological polar surface area (TPSA) is 99.0 Å². The van der Waals surface area contributed by atoms with Gasteiger partial charge in [-0.3, -0.25) is 0 Å². The zero-order valence-electron chi connectivity index (χ0n) is 14.1. The Labute approximate surface area is 150 Å². The first-order valence-corrected chi connectivity index (χ1v) is 9.48. The van der Waals surface area contributed by atoms with Crippen LogP contribution >= 0.6 is 0 Å². The normalized spacial score (nSPS) is 12.6. The predicted molar refractivity (Wildman–Crippen MR) is 91.6 cm³/mol. The third-order valence-electron chi connectivity index (χ3n) is 3.63. The van der Waals surface area contributed by atoms with Gasteiger partial charge in [0.25, 0.3) is 0 Å². The quantitative estimate of drug-likeness (QED) is 0.788. The van der Waals surface area contributed by atoms with E-state index in [4.69, 9.17) is 5.26 Å². The highest BCUT2D eigenvalue weighted by Gasteiger charge is 2.24. The monoisotopic (exact) mass is 381 g/mol. The Kier molecular flexibility index (Phi) is 6.18. The fourth-order valence-electron chi connectivity index (χ4n) is 2.32. The molecular weight excluding hydrogens is 364 g/mol. The van der Waals surface area contributed by atoms with Gasteiger partial charge in [-0.25, -0.2) is 31.5 Å². The van der Waals surface area contributed by atoms with Crippen molar-refractivity contribution in [3.8, 4) is 6.07 Å². The standard InChI is InChI=1S/C16H17F2N5O2S/c1-3-23(26(2,24)25)10-15(13-5-4-12(17)6-14(13)18)22-16-20-8-11(7-19)9-21-16/h4-6,8-9,15H,3,10H2,1-2H3,(H,20,21,22). The fourth-order valence-corrected chi connectivity index (χ4v) is 3.21. The molecule has 138 valence electrons. The Morgan fingerprint density at radius 3 is 2.46 bits per heavy atom. The fraction of sp³-hybridized carbons (Fsp3) is 0.312. The third kappa shape index (κ3) is 4.93. The number of nitriles is 1. The van der Waals surface area contributed by atoms with Crippen molar-refractivity contribution in [3.05, 3.63) is 53.4 Å². The second-order valence-electron chi connectivity index (χ2n) is 5.48. The Morgan fingerprint density at radius 1 is 1.31 bits per heavy atom. The number of hydrogen-bond donors (Lipinski definition) is 1. The summed E-state index contributed by atoms with van der Waals surface area (Å²) in [5.41, 5.74) is 0.313. The molecule has 1 N–H and O–H groups in total. The van der Waals surface area contributed by atoms with E-state index in [0.717, 1.165) is 22.7 Å². The molecule has 0 saturated heterocycles. The van der Waals surface area contributed by atoms with Gasteiger partial charge in [-0.05, 0) is 6.07 Å². The van der Waals surface area contributed by atoms with Gasteiger partial charge in [-0.15, -0.1) is 0 Å². The van der Waals surface area contributed by atoms with E-state index in [1.165, 1.54) is 18.5 Å². The molecule has 26 heavy (non-hydrogen) atoms. The minimum Gasteiger partial charge on any atom is -0.346 e. The van der Waals surface area contributed by atoms with E-state index in [0.29, 0.717) is 0 Å². The second-order valence-corrected chi connectivity index (χ2v) is 7.47. The largest absolute Gasteiger partial charge is 0.346 e. The lowest BCUT2D eigenvalue weighted by molar-refractivity contribution is 0.407. The van der Waals surface area contributed by atoms with Crippen molar-refractivity contribution in [1.82, 2.24) is 14.3 Å². The average Bonchev–Trinajstić information content (AvgIpc) is 2.58. The molecule has 0 spiro atoms. The summed E-state index contributed by atoms with van der Waals surface area (Å²) in [5.74, 6) is -1.47. The van der Waals surface area contributed by atoms with E-state index in [9.17, 15) is 17.2 Å². The van der Waals surface area contributed by atoms with Crippen LogP contribution < -0.4 is 5.32 Å². The number of aromatic nitrogens is 2. The number of nitrogens with zero attached hydrogens (tertiary/aromatic N) is 4. The maximum absolute atomic E-state index is 14.2. The molecule has 0 saturated carbocycles. The van der Waals surface area contributed by atoms with Gasteiger partial charge in [0.05, 0.1) is 30.3 Å². The van der Waals surface area contributed by atoms with E-state index in [1.807, 2.05) is 6.07 Å². The van der Waals surface area contributed by atoms with Crippen molar-refractivity contribution in [1.29, 1.82) is 5.26 Å². The molecule has 0 aliphatic carbocycles. The number of sulfonamides is 1. The molecule has 0 aliphatic rings. The first kappa shape index (κ1) is 19.7. The Balaban J connectivity index is 2.38. The van der Waals surface area contributed by atoms with Gasteiger partial charge in [0.15, 0.2) is 0 Å². The summed E-state index contributed by atoms with van der Waals surface area (Å²) in [5, 5.41) is 11.6. The maximum atomic E-state index is 14.2. The molecule has 7 nitrogen and oxygen atoms in total. The molecule has 2 rings (SSSR count). The van der Waals surface area contributed by atoms with Crippen LogP contribution in [0.5, 0.6) is 0 Å². The van der Waals surface area contributed by atoms with Crippen molar-refractivity contribution < 1.29 is 17.2 Å². The zero-order valence-corrected chi connectivity index (χ0v) is 15.0. The molecule has 1 aromatic carbocycles. The number of halogens is 2. The average molecular weight is 381 g/mol. The van der Waals surface area contributed by atoms with E-state index < -0.39 is 27.7 Å². The Bertz CT molecular complexity index is 913. The highest BCUT2D eigenvalue weighted by Crippen LogP contribution is 2.23. The van der Waals surface area contributed by atoms with Crippen LogP contribution in [-0.4, -0.2) is 42.0 Å². The van der Waals surface area contributed by atoms with Crippen molar-refractivity contribution in [2.24, 2.45) is 0 Å². The third-order valence-corrected chi connectivity index (χ3v) is 4.98. The summed E-state index contributed by atoms with van der Waals surface area (Å²) in [6.45, 7) is 1.71. The molecule has 0 radical (unpaired) electrons.